The summed E-state index contributed by atoms with van der Waals surface area (Å²) in [6.45, 7) is 0.418. The van der Waals surface area contributed by atoms with Crippen LogP contribution in [0.4, 0.5) is 5.69 Å². The average molecular weight is 352 g/mol. The summed E-state index contributed by atoms with van der Waals surface area (Å²) in [5, 5.41) is 4.09. The van der Waals surface area contributed by atoms with Gasteiger partial charge in [0.05, 0.1) is 0 Å². The Hall–Kier alpha value is -3.42. The fourth-order valence-corrected chi connectivity index (χ4v) is 2.97. The van der Waals surface area contributed by atoms with Gasteiger partial charge in [-0.25, -0.2) is 14.3 Å². The lowest BCUT2D eigenvalue weighted by molar-refractivity contribution is -0.135. The average Bonchev–Trinajstić information content (AvgIpc) is 3.20. The highest BCUT2D eigenvalue weighted by atomic mass is 16.5. The Kier molecular flexibility index (Phi) is 4.00. The predicted molar refractivity (Wildman–Crippen MR) is 93.1 cm³/mol. The lowest BCUT2D eigenvalue weighted by atomic mass is 10.3. The molecule has 2 aromatic heterocycles. The molecule has 1 aromatic carbocycles. The fourth-order valence-electron chi connectivity index (χ4n) is 2.97. The van der Waals surface area contributed by atoms with E-state index in [1.807, 2.05) is 0 Å². The molecule has 1 aliphatic rings. The standard InChI is InChI=1S/C18H16N4O4/c23-16-5-3-11-20(16)13-6-8-14(9-7-13)26-17(24)12-22-18(25)21-10-2-1-4-15(21)19-22/h1-2,4,6-10H,3,5,11-12H2. The van der Waals surface area contributed by atoms with Gasteiger partial charge in [0.1, 0.15) is 12.3 Å². The molecule has 0 unspecified atom stereocenters. The van der Waals surface area contributed by atoms with Crippen molar-refractivity contribution in [3.05, 3.63) is 59.1 Å². The maximum absolute atomic E-state index is 12.2. The molecule has 1 aliphatic heterocycles. The number of fused-ring (bicyclic) bond motifs is 1. The van der Waals surface area contributed by atoms with Crippen LogP contribution >= 0.6 is 0 Å². The second-order valence-electron chi connectivity index (χ2n) is 5.99. The number of ether oxygens (including phenoxy) is 1. The zero-order valence-corrected chi connectivity index (χ0v) is 13.9. The molecule has 3 aromatic rings. The largest absolute Gasteiger partial charge is 0.425 e. The first-order chi connectivity index (χ1) is 12.6. The van der Waals surface area contributed by atoms with Crippen LogP contribution < -0.4 is 15.3 Å². The summed E-state index contributed by atoms with van der Waals surface area (Å²) in [5.41, 5.74) is 0.842. The fraction of sp³-hybridized carbons (Fsp3) is 0.222. The van der Waals surface area contributed by atoms with Gasteiger partial charge in [-0.2, -0.15) is 0 Å². The normalized spacial score (nSPS) is 14.2. The molecule has 0 N–H and O–H groups in total. The summed E-state index contributed by atoms with van der Waals surface area (Å²) >= 11 is 0. The van der Waals surface area contributed by atoms with E-state index in [1.54, 1.807) is 53.6 Å². The van der Waals surface area contributed by atoms with Crippen LogP contribution in [0.5, 0.6) is 5.75 Å². The van der Waals surface area contributed by atoms with E-state index in [-0.39, 0.29) is 12.5 Å². The number of hydrogen-bond acceptors (Lipinski definition) is 5. The minimum absolute atomic E-state index is 0.0981. The molecule has 8 heteroatoms. The highest BCUT2D eigenvalue weighted by Gasteiger charge is 2.21. The Balaban J connectivity index is 1.45. The number of anilines is 1. The van der Waals surface area contributed by atoms with Gasteiger partial charge in [-0.1, -0.05) is 6.07 Å². The Bertz CT molecular complexity index is 1040. The van der Waals surface area contributed by atoms with E-state index in [4.69, 9.17) is 4.74 Å². The maximum Gasteiger partial charge on any atom is 0.350 e. The Morgan fingerprint density at radius 3 is 2.62 bits per heavy atom. The minimum atomic E-state index is -0.597. The molecule has 26 heavy (non-hydrogen) atoms. The lowest BCUT2D eigenvalue weighted by Gasteiger charge is -2.15. The topological polar surface area (TPSA) is 85.9 Å². The zero-order valence-electron chi connectivity index (χ0n) is 13.9. The van der Waals surface area contributed by atoms with Gasteiger partial charge in [-0.05, 0) is 42.8 Å². The van der Waals surface area contributed by atoms with Crippen molar-refractivity contribution in [2.24, 2.45) is 0 Å². The van der Waals surface area contributed by atoms with Crippen molar-refractivity contribution in [1.82, 2.24) is 14.2 Å². The van der Waals surface area contributed by atoms with Crippen molar-refractivity contribution in [3.63, 3.8) is 0 Å². The molecule has 3 heterocycles. The van der Waals surface area contributed by atoms with E-state index >= 15 is 0 Å². The third kappa shape index (κ3) is 2.97. The molecule has 0 radical (unpaired) electrons. The Morgan fingerprint density at radius 2 is 1.92 bits per heavy atom. The van der Waals surface area contributed by atoms with Crippen LogP contribution in [0.15, 0.2) is 53.5 Å². The van der Waals surface area contributed by atoms with Crippen molar-refractivity contribution in [2.75, 3.05) is 11.4 Å². The smallest absolute Gasteiger partial charge is 0.350 e. The molecule has 132 valence electrons. The number of rotatable bonds is 4. The number of amides is 1. The number of pyridine rings is 1. The zero-order chi connectivity index (χ0) is 18.1. The predicted octanol–water partition coefficient (Wildman–Crippen LogP) is 1.23. The maximum atomic E-state index is 12.2. The van der Waals surface area contributed by atoms with E-state index < -0.39 is 11.7 Å². The van der Waals surface area contributed by atoms with Gasteiger partial charge in [0, 0.05) is 24.8 Å². The molecule has 8 nitrogen and oxygen atoms in total. The minimum Gasteiger partial charge on any atom is -0.425 e. The molecule has 4 rings (SSSR count). The third-order valence-corrected chi connectivity index (χ3v) is 4.22. The van der Waals surface area contributed by atoms with Gasteiger partial charge in [-0.15, -0.1) is 5.10 Å². The molecular weight excluding hydrogens is 336 g/mol. The first-order valence-corrected chi connectivity index (χ1v) is 8.27. The van der Waals surface area contributed by atoms with E-state index in [0.717, 1.165) is 16.8 Å². The summed E-state index contributed by atoms with van der Waals surface area (Å²) < 4.78 is 7.68. The molecule has 0 bridgehead atoms. The number of hydrogen-bond donors (Lipinski definition) is 0. The Labute approximate surface area is 148 Å². The van der Waals surface area contributed by atoms with Crippen molar-refractivity contribution >= 4 is 23.2 Å². The number of aromatic nitrogens is 3. The van der Waals surface area contributed by atoms with E-state index in [2.05, 4.69) is 5.10 Å². The monoisotopic (exact) mass is 352 g/mol. The van der Waals surface area contributed by atoms with Crippen LogP contribution in [0, 0.1) is 0 Å². The number of carbonyl (C=O) groups excluding carboxylic acids is 2. The Morgan fingerprint density at radius 1 is 1.12 bits per heavy atom. The number of esters is 1. The molecule has 0 spiro atoms. The van der Waals surface area contributed by atoms with Gasteiger partial charge in [0.2, 0.25) is 5.91 Å². The quantitative estimate of drug-likeness (QED) is 0.521. The van der Waals surface area contributed by atoms with Crippen LogP contribution in [0.3, 0.4) is 0 Å². The summed E-state index contributed by atoms with van der Waals surface area (Å²) in [5.74, 6) is -0.149. The first-order valence-electron chi connectivity index (χ1n) is 8.27. The van der Waals surface area contributed by atoms with Gasteiger partial charge < -0.3 is 9.64 Å². The number of benzene rings is 1. The summed E-state index contributed by atoms with van der Waals surface area (Å²) in [6.07, 6.45) is 3.00. The van der Waals surface area contributed by atoms with E-state index in [9.17, 15) is 14.4 Å². The molecule has 0 saturated carbocycles. The van der Waals surface area contributed by atoms with Gasteiger partial charge in [0.15, 0.2) is 5.65 Å². The second kappa shape index (κ2) is 6.47. The number of nitrogens with zero attached hydrogens (tertiary/aromatic N) is 4. The molecular formula is C18H16N4O4. The van der Waals surface area contributed by atoms with Gasteiger partial charge in [-0.3, -0.25) is 9.20 Å². The van der Waals surface area contributed by atoms with E-state index in [0.29, 0.717) is 24.4 Å². The summed E-state index contributed by atoms with van der Waals surface area (Å²) in [6, 6.07) is 11.9. The molecule has 0 atom stereocenters. The SMILES string of the molecule is O=C(Cn1nc2ccccn2c1=O)Oc1ccc(N2CCCC2=O)cc1. The van der Waals surface area contributed by atoms with E-state index in [1.165, 1.54) is 4.40 Å². The lowest BCUT2D eigenvalue weighted by Crippen LogP contribution is -2.27. The van der Waals surface area contributed by atoms with Crippen LogP contribution in [-0.2, 0) is 16.1 Å². The third-order valence-electron chi connectivity index (χ3n) is 4.22. The summed E-state index contributed by atoms with van der Waals surface area (Å²) in [7, 11) is 0. The van der Waals surface area contributed by atoms with Crippen LogP contribution in [-0.4, -0.2) is 32.6 Å². The summed E-state index contributed by atoms with van der Waals surface area (Å²) in [4.78, 5) is 37.7. The first kappa shape index (κ1) is 16.1. The second-order valence-corrected chi connectivity index (χ2v) is 5.99. The highest BCUT2D eigenvalue weighted by molar-refractivity contribution is 5.95. The van der Waals surface area contributed by atoms with Crippen LogP contribution in [0.2, 0.25) is 0 Å². The number of carbonyl (C=O) groups is 2. The molecule has 1 saturated heterocycles. The van der Waals surface area contributed by atoms with Crippen molar-refractivity contribution in [2.45, 2.75) is 19.4 Å². The van der Waals surface area contributed by atoms with Crippen LogP contribution in [0.25, 0.3) is 5.65 Å². The van der Waals surface area contributed by atoms with Gasteiger partial charge >= 0.3 is 11.7 Å². The highest BCUT2D eigenvalue weighted by Crippen LogP contribution is 2.23. The molecule has 1 fully saturated rings. The van der Waals surface area contributed by atoms with Crippen molar-refractivity contribution in [3.8, 4) is 5.75 Å². The van der Waals surface area contributed by atoms with Crippen molar-refractivity contribution in [1.29, 1.82) is 0 Å². The molecule has 1 amide bonds. The van der Waals surface area contributed by atoms with Gasteiger partial charge in [0.25, 0.3) is 0 Å². The van der Waals surface area contributed by atoms with Crippen LogP contribution in [0.1, 0.15) is 12.8 Å². The van der Waals surface area contributed by atoms with Crippen molar-refractivity contribution < 1.29 is 14.3 Å². The molecule has 0 aliphatic carbocycles.